The van der Waals surface area contributed by atoms with Crippen LogP contribution in [0.1, 0.15) is 38.8 Å². The summed E-state index contributed by atoms with van der Waals surface area (Å²) in [7, 11) is 0. The number of hydrogen-bond acceptors (Lipinski definition) is 8. The van der Waals surface area contributed by atoms with Crippen molar-refractivity contribution in [3.05, 3.63) is 71.8 Å². The number of carboxylic acids is 2. The average Bonchev–Trinajstić information content (AvgIpc) is 3.41. The molecular formula is C32H36N4O8S2. The lowest BCUT2D eigenvalue weighted by Gasteiger charge is -2.46. The van der Waals surface area contributed by atoms with Gasteiger partial charge in [-0.1, -0.05) is 60.7 Å². The van der Waals surface area contributed by atoms with E-state index in [0.717, 1.165) is 22.2 Å². The van der Waals surface area contributed by atoms with Crippen molar-refractivity contribution < 1.29 is 39.0 Å². The first-order valence-corrected chi connectivity index (χ1v) is 16.5. The van der Waals surface area contributed by atoms with Crippen molar-refractivity contribution in [1.29, 1.82) is 0 Å². The van der Waals surface area contributed by atoms with Gasteiger partial charge in [0.2, 0.25) is 23.6 Å². The minimum atomic E-state index is -1.64. The molecule has 4 N–H and O–H groups in total. The molecule has 2 unspecified atom stereocenters. The summed E-state index contributed by atoms with van der Waals surface area (Å²) in [5, 5.41) is 24.0. The number of nitrogens with one attached hydrogen (secondary N) is 2. The van der Waals surface area contributed by atoms with Crippen molar-refractivity contribution in [2.24, 2.45) is 0 Å². The lowest BCUT2D eigenvalue weighted by atomic mass is 9.92. The summed E-state index contributed by atoms with van der Waals surface area (Å²) in [5.41, 5.74) is 1.43. The number of β-lactam (4-membered cyclic amide) rings is 1. The van der Waals surface area contributed by atoms with E-state index in [4.69, 9.17) is 0 Å². The van der Waals surface area contributed by atoms with Gasteiger partial charge in [0.15, 0.2) is 6.04 Å². The standard InChI is InChI=1S/C32H36N4O8S2/c1-31(2)23(35-25(39)21(27(35)45-31)33-19(37)15-17-11-7-5-8-12-17)26(40)36-24(30(43)44)32(3,4)46-28(36)22(29(41)42)34-20(38)16-18-13-9-6-10-14-18/h5-14,21-24,27-28H,15-16H2,1-4H3,(H,33,37)(H,34,38)(H,41,42)(H,43,44)/t21-,22?,23+,24+,27-,28?/m1/s1. The van der Waals surface area contributed by atoms with Crippen LogP contribution in [0.25, 0.3) is 0 Å². The summed E-state index contributed by atoms with van der Waals surface area (Å²) in [4.78, 5) is 81.5. The van der Waals surface area contributed by atoms with E-state index in [1.807, 2.05) is 18.2 Å². The van der Waals surface area contributed by atoms with Crippen LogP contribution in [-0.2, 0) is 41.6 Å². The fourth-order valence-corrected chi connectivity index (χ4v) is 9.62. The van der Waals surface area contributed by atoms with Crippen LogP contribution in [0.5, 0.6) is 0 Å². The molecular weight excluding hydrogens is 633 g/mol. The molecule has 0 radical (unpaired) electrons. The first-order valence-electron chi connectivity index (χ1n) is 14.7. The highest BCUT2D eigenvalue weighted by Crippen LogP contribution is 2.53. The zero-order valence-electron chi connectivity index (χ0n) is 25.7. The Bertz CT molecular complexity index is 1550. The van der Waals surface area contributed by atoms with Crippen molar-refractivity contribution in [2.75, 3.05) is 0 Å². The van der Waals surface area contributed by atoms with Crippen LogP contribution in [-0.4, -0.2) is 100.0 Å². The smallest absolute Gasteiger partial charge is 0.329 e. The number of hydrogen-bond donors (Lipinski definition) is 4. The van der Waals surface area contributed by atoms with Crippen LogP contribution in [0.3, 0.4) is 0 Å². The molecule has 0 aliphatic carbocycles. The van der Waals surface area contributed by atoms with Gasteiger partial charge in [0.05, 0.1) is 12.8 Å². The van der Waals surface area contributed by atoms with Crippen molar-refractivity contribution >= 4 is 59.1 Å². The topological polar surface area (TPSA) is 173 Å². The fraction of sp³-hybridized carbons (Fsp3) is 0.438. The highest BCUT2D eigenvalue weighted by atomic mass is 32.2. The molecule has 3 heterocycles. The average molecular weight is 669 g/mol. The van der Waals surface area contributed by atoms with E-state index in [1.165, 1.54) is 16.7 Å². The van der Waals surface area contributed by atoms with Crippen molar-refractivity contribution in [1.82, 2.24) is 20.4 Å². The molecule has 3 aliphatic rings. The predicted octanol–water partition coefficient (Wildman–Crippen LogP) is 1.72. The minimum Gasteiger partial charge on any atom is -0.480 e. The molecule has 6 atom stereocenters. The summed E-state index contributed by atoms with van der Waals surface area (Å²) in [6.07, 6.45) is -0.0439. The summed E-state index contributed by atoms with van der Waals surface area (Å²) >= 11 is 2.29. The lowest BCUT2D eigenvalue weighted by Crippen LogP contribution is -2.72. The van der Waals surface area contributed by atoms with Gasteiger partial charge in [-0.2, -0.15) is 0 Å². The Morgan fingerprint density at radius 1 is 0.804 bits per heavy atom. The number of nitrogens with zero attached hydrogens (tertiary/aromatic N) is 2. The van der Waals surface area contributed by atoms with Gasteiger partial charge in [-0.25, -0.2) is 9.59 Å². The largest absolute Gasteiger partial charge is 0.480 e. The summed E-state index contributed by atoms with van der Waals surface area (Å²) in [5.74, 6) is -4.94. The van der Waals surface area contributed by atoms with Gasteiger partial charge in [0, 0.05) is 9.49 Å². The number of carboxylic acid groups (broad SMARTS) is 2. The van der Waals surface area contributed by atoms with E-state index in [9.17, 15) is 39.0 Å². The second kappa shape index (κ2) is 12.6. The summed E-state index contributed by atoms with van der Waals surface area (Å²) < 4.78 is -2.07. The van der Waals surface area contributed by atoms with Crippen LogP contribution >= 0.6 is 23.5 Å². The number of carbonyl (C=O) groups excluding carboxylic acids is 4. The number of carbonyl (C=O) groups is 6. The van der Waals surface area contributed by atoms with Crippen LogP contribution in [0.2, 0.25) is 0 Å². The minimum absolute atomic E-state index is 0.0718. The van der Waals surface area contributed by atoms with E-state index in [2.05, 4.69) is 10.6 Å². The molecule has 0 bridgehead atoms. The molecule has 3 fully saturated rings. The van der Waals surface area contributed by atoms with Crippen molar-refractivity contribution in [2.45, 2.75) is 84.9 Å². The van der Waals surface area contributed by atoms with Crippen molar-refractivity contribution in [3.8, 4) is 0 Å². The Labute approximate surface area is 274 Å². The predicted molar refractivity (Wildman–Crippen MR) is 172 cm³/mol. The number of rotatable bonds is 10. The quantitative estimate of drug-likeness (QED) is 0.273. The van der Waals surface area contributed by atoms with Gasteiger partial charge in [0.25, 0.3) is 0 Å². The Morgan fingerprint density at radius 3 is 1.85 bits per heavy atom. The fourth-order valence-electron chi connectivity index (χ4n) is 6.37. The number of aliphatic carboxylic acids is 2. The molecule has 0 saturated carbocycles. The molecule has 12 nitrogen and oxygen atoms in total. The lowest BCUT2D eigenvalue weighted by molar-refractivity contribution is -0.163. The number of fused-ring (bicyclic) bond motifs is 1. The highest BCUT2D eigenvalue weighted by Gasteiger charge is 2.67. The zero-order valence-corrected chi connectivity index (χ0v) is 27.3. The maximum atomic E-state index is 14.5. The van der Waals surface area contributed by atoms with E-state index in [0.29, 0.717) is 5.56 Å². The summed E-state index contributed by atoms with van der Waals surface area (Å²) in [6.45, 7) is 6.71. The number of benzene rings is 2. The molecule has 14 heteroatoms. The molecule has 3 aliphatic heterocycles. The monoisotopic (exact) mass is 668 g/mol. The second-order valence-corrected chi connectivity index (χ2v) is 16.2. The van der Waals surface area contributed by atoms with Gasteiger partial charge >= 0.3 is 11.9 Å². The molecule has 4 amide bonds. The SMILES string of the molecule is CC1(C)SC(C(NC(=O)Cc2ccccc2)C(=O)O)N(C(=O)[C@@H]2N3C(=O)[C@@H](NC(=O)Cc4ccccc4)[C@H]3SC2(C)C)[C@H]1C(=O)O. The molecule has 0 spiro atoms. The molecule has 5 rings (SSSR count). The Hall–Kier alpha value is -4.04. The van der Waals surface area contributed by atoms with E-state index in [1.54, 1.807) is 70.2 Å². The van der Waals surface area contributed by atoms with E-state index < -0.39 is 74.1 Å². The Kier molecular flexibility index (Phi) is 9.15. The molecule has 2 aromatic rings. The third-order valence-corrected chi connectivity index (χ3v) is 11.5. The zero-order chi connectivity index (χ0) is 33.6. The van der Waals surface area contributed by atoms with Crippen LogP contribution in [0.15, 0.2) is 60.7 Å². The first-order chi connectivity index (χ1) is 21.6. The van der Waals surface area contributed by atoms with Crippen LogP contribution in [0.4, 0.5) is 0 Å². The first kappa shape index (κ1) is 33.3. The summed E-state index contributed by atoms with van der Waals surface area (Å²) in [6, 6.07) is 12.6. The molecule has 2 aromatic carbocycles. The number of amides is 4. The third kappa shape index (κ3) is 6.32. The van der Waals surface area contributed by atoms with Gasteiger partial charge in [-0.05, 0) is 38.8 Å². The Balaban J connectivity index is 1.40. The molecule has 244 valence electrons. The van der Waals surface area contributed by atoms with E-state index in [-0.39, 0.29) is 18.7 Å². The highest BCUT2D eigenvalue weighted by molar-refractivity contribution is 8.02. The molecule has 3 saturated heterocycles. The maximum Gasteiger partial charge on any atom is 0.329 e. The van der Waals surface area contributed by atoms with Gasteiger partial charge in [-0.15, -0.1) is 23.5 Å². The van der Waals surface area contributed by atoms with Crippen LogP contribution in [0, 0.1) is 0 Å². The van der Waals surface area contributed by atoms with Crippen molar-refractivity contribution in [3.63, 3.8) is 0 Å². The number of thioether (sulfide) groups is 2. The van der Waals surface area contributed by atoms with Gasteiger partial charge in [-0.3, -0.25) is 19.2 Å². The van der Waals surface area contributed by atoms with Gasteiger partial charge < -0.3 is 30.6 Å². The van der Waals surface area contributed by atoms with E-state index >= 15 is 0 Å². The maximum absolute atomic E-state index is 14.5. The normalized spacial score (nSPS) is 26.4. The van der Waals surface area contributed by atoms with Crippen LogP contribution < -0.4 is 10.6 Å². The molecule has 0 aromatic heterocycles. The third-order valence-electron chi connectivity index (χ3n) is 8.40. The Morgan fingerprint density at radius 2 is 1.33 bits per heavy atom. The second-order valence-electron chi connectivity index (χ2n) is 12.6. The van der Waals surface area contributed by atoms with Gasteiger partial charge in [0.1, 0.15) is 28.9 Å². The molecule has 46 heavy (non-hydrogen) atoms.